The Bertz CT molecular complexity index is 494. The van der Waals surface area contributed by atoms with Crippen LogP contribution in [0, 0.1) is 0 Å². The molecule has 1 rings (SSSR count). The number of rotatable bonds is 7. The Labute approximate surface area is 121 Å². The third kappa shape index (κ3) is 5.56. The minimum Gasteiger partial charge on any atom is -0.316 e. The van der Waals surface area contributed by atoms with Crippen molar-refractivity contribution >= 4 is 43.2 Å². The van der Waals surface area contributed by atoms with E-state index in [4.69, 9.17) is 11.6 Å². The van der Waals surface area contributed by atoms with Crippen molar-refractivity contribution in [3.8, 4) is 0 Å². The molecule has 0 aliphatic heterocycles. The lowest BCUT2D eigenvalue weighted by atomic mass is 10.3. The molecule has 102 valence electrons. The molecule has 0 aromatic heterocycles. The van der Waals surface area contributed by atoms with Crippen LogP contribution in [0.5, 0.6) is 0 Å². The Balaban J connectivity index is 2.56. The average Bonchev–Trinajstić information content (AvgIpc) is 2.29. The summed E-state index contributed by atoms with van der Waals surface area (Å²) in [5.41, 5.74) is 0.502. The Kier molecular flexibility index (Phi) is 6.42. The van der Waals surface area contributed by atoms with Crippen molar-refractivity contribution in [3.63, 3.8) is 0 Å². The molecule has 0 spiro atoms. The Morgan fingerprint density at radius 2 is 2.06 bits per heavy atom. The third-order valence-electron chi connectivity index (χ3n) is 2.17. The van der Waals surface area contributed by atoms with Crippen molar-refractivity contribution < 1.29 is 8.42 Å². The Morgan fingerprint density at radius 3 is 2.67 bits per heavy atom. The summed E-state index contributed by atoms with van der Waals surface area (Å²) in [6.07, 6.45) is 0.984. The Morgan fingerprint density at radius 1 is 1.33 bits per heavy atom. The molecule has 7 heteroatoms. The summed E-state index contributed by atoms with van der Waals surface area (Å²) in [5.74, 6) is 0.0489. The molecule has 1 aromatic rings. The van der Waals surface area contributed by atoms with Crippen LogP contribution in [0.1, 0.15) is 13.3 Å². The predicted octanol–water partition coefficient (Wildman–Crippen LogP) is 2.84. The minimum atomic E-state index is -3.32. The zero-order valence-corrected chi connectivity index (χ0v) is 13.2. The quantitative estimate of drug-likeness (QED) is 0.739. The highest BCUT2D eigenvalue weighted by Crippen LogP contribution is 2.25. The average molecular weight is 356 g/mol. The van der Waals surface area contributed by atoms with Gasteiger partial charge in [0.15, 0.2) is 0 Å². The maximum Gasteiger partial charge on any atom is 0.233 e. The highest BCUT2D eigenvalue weighted by Gasteiger charge is 2.10. The lowest BCUT2D eigenvalue weighted by Gasteiger charge is -2.09. The van der Waals surface area contributed by atoms with Gasteiger partial charge in [-0.3, -0.25) is 4.72 Å². The first-order chi connectivity index (χ1) is 8.44. The van der Waals surface area contributed by atoms with Gasteiger partial charge < -0.3 is 5.32 Å². The fourth-order valence-corrected chi connectivity index (χ4v) is 2.80. The van der Waals surface area contributed by atoms with Crippen LogP contribution in [-0.2, 0) is 10.0 Å². The van der Waals surface area contributed by atoms with E-state index in [9.17, 15) is 8.42 Å². The van der Waals surface area contributed by atoms with E-state index in [1.807, 2.05) is 6.92 Å². The maximum absolute atomic E-state index is 11.8. The van der Waals surface area contributed by atoms with Gasteiger partial charge >= 0.3 is 0 Å². The van der Waals surface area contributed by atoms with Gasteiger partial charge in [0, 0.05) is 16.7 Å². The van der Waals surface area contributed by atoms with Gasteiger partial charge in [0.25, 0.3) is 0 Å². The SMILES string of the molecule is CCCNCCS(=O)(=O)Nc1ccc(Cl)c(Br)c1. The molecular formula is C11H16BrClN2O2S. The summed E-state index contributed by atoms with van der Waals surface area (Å²) >= 11 is 9.08. The van der Waals surface area contributed by atoms with Crippen LogP contribution in [0.3, 0.4) is 0 Å². The summed E-state index contributed by atoms with van der Waals surface area (Å²) in [6.45, 7) is 3.30. The highest BCUT2D eigenvalue weighted by molar-refractivity contribution is 9.10. The molecule has 0 radical (unpaired) electrons. The lowest BCUT2D eigenvalue weighted by Crippen LogP contribution is -2.27. The van der Waals surface area contributed by atoms with Crippen LogP contribution in [0.15, 0.2) is 22.7 Å². The molecule has 4 nitrogen and oxygen atoms in total. The zero-order valence-electron chi connectivity index (χ0n) is 10.0. The van der Waals surface area contributed by atoms with E-state index in [0.29, 0.717) is 21.7 Å². The standard InChI is InChI=1S/C11H16BrClN2O2S/c1-2-5-14-6-7-18(16,17)15-9-3-4-11(13)10(12)8-9/h3-4,8,14-15H,2,5-7H2,1H3. The van der Waals surface area contributed by atoms with Crippen molar-refractivity contribution in [2.24, 2.45) is 0 Å². The molecular weight excluding hydrogens is 340 g/mol. The van der Waals surface area contributed by atoms with Crippen molar-refractivity contribution in [2.45, 2.75) is 13.3 Å². The summed E-state index contributed by atoms with van der Waals surface area (Å²) in [7, 11) is -3.32. The van der Waals surface area contributed by atoms with Gasteiger partial charge in [-0.1, -0.05) is 18.5 Å². The largest absolute Gasteiger partial charge is 0.316 e. The molecule has 18 heavy (non-hydrogen) atoms. The number of sulfonamides is 1. The van der Waals surface area contributed by atoms with E-state index in [-0.39, 0.29) is 5.75 Å². The molecule has 0 amide bonds. The van der Waals surface area contributed by atoms with Gasteiger partial charge in [-0.05, 0) is 47.1 Å². The van der Waals surface area contributed by atoms with Crippen LogP contribution in [0.25, 0.3) is 0 Å². The molecule has 0 fully saturated rings. The highest BCUT2D eigenvalue weighted by atomic mass is 79.9. The van der Waals surface area contributed by atoms with Gasteiger partial charge in [0.1, 0.15) is 0 Å². The topological polar surface area (TPSA) is 58.2 Å². The van der Waals surface area contributed by atoms with Crippen LogP contribution >= 0.6 is 27.5 Å². The number of anilines is 1. The first-order valence-electron chi connectivity index (χ1n) is 5.61. The number of halogens is 2. The lowest BCUT2D eigenvalue weighted by molar-refractivity contribution is 0.595. The maximum atomic E-state index is 11.8. The van der Waals surface area contributed by atoms with Crippen LogP contribution < -0.4 is 10.0 Å². The second-order valence-electron chi connectivity index (χ2n) is 3.80. The van der Waals surface area contributed by atoms with Crippen molar-refractivity contribution in [2.75, 3.05) is 23.6 Å². The van der Waals surface area contributed by atoms with E-state index in [0.717, 1.165) is 13.0 Å². The molecule has 0 heterocycles. The van der Waals surface area contributed by atoms with Crippen molar-refractivity contribution in [1.82, 2.24) is 5.32 Å². The molecule has 2 N–H and O–H groups in total. The molecule has 1 aromatic carbocycles. The molecule has 0 saturated heterocycles. The van der Waals surface area contributed by atoms with Gasteiger partial charge in [-0.2, -0.15) is 0 Å². The summed E-state index contributed by atoms with van der Waals surface area (Å²) in [5, 5.41) is 3.59. The third-order valence-corrected chi connectivity index (χ3v) is 4.67. The molecule has 0 saturated carbocycles. The summed E-state index contributed by atoms with van der Waals surface area (Å²) in [6, 6.07) is 4.91. The molecule has 0 aliphatic rings. The molecule has 0 unspecified atom stereocenters. The second-order valence-corrected chi connectivity index (χ2v) is 6.90. The van der Waals surface area contributed by atoms with Crippen molar-refractivity contribution in [1.29, 1.82) is 0 Å². The first kappa shape index (κ1) is 15.8. The zero-order chi connectivity index (χ0) is 13.6. The van der Waals surface area contributed by atoms with Crippen LogP contribution in [0.4, 0.5) is 5.69 Å². The van der Waals surface area contributed by atoms with Gasteiger partial charge in [0.2, 0.25) is 10.0 Å². The van der Waals surface area contributed by atoms with E-state index >= 15 is 0 Å². The van der Waals surface area contributed by atoms with Gasteiger partial charge in [-0.25, -0.2) is 8.42 Å². The van der Waals surface area contributed by atoms with E-state index < -0.39 is 10.0 Å². The predicted molar refractivity (Wildman–Crippen MR) is 79.7 cm³/mol. The normalized spacial score (nSPS) is 11.5. The number of benzene rings is 1. The molecule has 0 atom stereocenters. The first-order valence-corrected chi connectivity index (χ1v) is 8.43. The molecule has 0 aliphatic carbocycles. The van der Waals surface area contributed by atoms with E-state index in [1.54, 1.807) is 18.2 Å². The summed E-state index contributed by atoms with van der Waals surface area (Å²) < 4.78 is 26.7. The number of hydrogen-bond acceptors (Lipinski definition) is 3. The van der Waals surface area contributed by atoms with E-state index in [1.165, 1.54) is 0 Å². The fourth-order valence-electron chi connectivity index (χ4n) is 1.30. The second kappa shape index (κ2) is 7.33. The van der Waals surface area contributed by atoms with Gasteiger partial charge in [0.05, 0.1) is 10.8 Å². The molecule has 0 bridgehead atoms. The van der Waals surface area contributed by atoms with Crippen LogP contribution in [-0.4, -0.2) is 27.3 Å². The smallest absolute Gasteiger partial charge is 0.233 e. The monoisotopic (exact) mass is 354 g/mol. The fraction of sp³-hybridized carbons (Fsp3) is 0.455. The minimum absolute atomic E-state index is 0.0489. The number of hydrogen-bond donors (Lipinski definition) is 2. The van der Waals surface area contributed by atoms with Crippen molar-refractivity contribution in [3.05, 3.63) is 27.7 Å². The Hall–Kier alpha value is -0.300. The summed E-state index contributed by atoms with van der Waals surface area (Å²) in [4.78, 5) is 0. The number of nitrogens with one attached hydrogen (secondary N) is 2. The van der Waals surface area contributed by atoms with Gasteiger partial charge in [-0.15, -0.1) is 0 Å². The van der Waals surface area contributed by atoms with E-state index in [2.05, 4.69) is 26.0 Å². The van der Waals surface area contributed by atoms with Crippen LogP contribution in [0.2, 0.25) is 5.02 Å².